The lowest BCUT2D eigenvalue weighted by atomic mass is 9.88. The smallest absolute Gasteiger partial charge is 0.404 e. The molecule has 1 amide bonds. The number of benzene rings is 3. The second-order valence-corrected chi connectivity index (χ2v) is 33.5. The van der Waals surface area contributed by atoms with Crippen molar-refractivity contribution in [3.63, 3.8) is 0 Å². The van der Waals surface area contributed by atoms with E-state index < -0.39 is 122 Å². The fourth-order valence-corrected chi connectivity index (χ4v) is 23.2. The topological polar surface area (TPSA) is 185 Å². The number of nitrogens with zero attached hydrogens (tertiary/aromatic N) is 1. The van der Waals surface area contributed by atoms with Gasteiger partial charge in [-0.25, -0.2) is 14.4 Å². The molecule has 0 bridgehead atoms. The maximum absolute atomic E-state index is 14.9. The number of aliphatic hydroxyl groups is 1. The van der Waals surface area contributed by atoms with Crippen molar-refractivity contribution in [2.45, 2.75) is 183 Å². The first kappa shape index (κ1) is 54.8. The van der Waals surface area contributed by atoms with Crippen LogP contribution < -0.4 is 9.47 Å². The summed E-state index contributed by atoms with van der Waals surface area (Å²) in [5.74, 6) is -3.41. The Labute approximate surface area is 431 Å². The van der Waals surface area contributed by atoms with Gasteiger partial charge in [-0.3, -0.25) is 0 Å². The zero-order chi connectivity index (χ0) is 53.1. The number of ether oxygens (including phenoxy) is 9. The van der Waals surface area contributed by atoms with Gasteiger partial charge in [0.2, 0.25) is 6.29 Å². The SMILES string of the molecule is COC(=O)[C@]1(O[C@H]2[C@@H](O)[C@@H](COCc3ccccc3)O[C@@H](Oc3ccc(OC)cc3)[C@@H]2OC(=O)c2ccccc2)C[C@@H]2OC(=O)N3[C@H]2[C@@H](O1)[C@@H]([C@H]1CO[Si](C(C)(C)C)(C(C)(C)C)O1)O[Si]3(C(C)(C)C)C(C)(C)C. The molecule has 17 nitrogen and oxygen atoms in total. The van der Waals surface area contributed by atoms with E-state index in [-0.39, 0.29) is 31.8 Å². The minimum Gasteiger partial charge on any atom is -0.497 e. The van der Waals surface area contributed by atoms with Crippen molar-refractivity contribution in [2.24, 2.45) is 0 Å². The Balaban J connectivity index is 1.25. The van der Waals surface area contributed by atoms with Crippen LogP contribution in [0.5, 0.6) is 11.5 Å². The second-order valence-electron chi connectivity index (χ2n) is 23.8. The number of methoxy groups -OCH3 is 2. The Kier molecular flexibility index (Phi) is 15.2. The molecule has 3 aromatic carbocycles. The minimum absolute atomic E-state index is 0.146. The molecule has 5 heterocycles. The number of hydrogen-bond donors (Lipinski definition) is 1. The van der Waals surface area contributed by atoms with Gasteiger partial charge < -0.3 is 65.6 Å². The van der Waals surface area contributed by atoms with Crippen LogP contribution >= 0.6 is 0 Å². The third-order valence-electron chi connectivity index (χ3n) is 14.8. The molecule has 11 atom stereocenters. The van der Waals surface area contributed by atoms with Crippen LogP contribution in [0.2, 0.25) is 20.2 Å². The summed E-state index contributed by atoms with van der Waals surface area (Å²) in [5, 5.41) is 10.7. The summed E-state index contributed by atoms with van der Waals surface area (Å²) < 4.78 is 80.9. The van der Waals surface area contributed by atoms with E-state index in [1.54, 1.807) is 59.2 Å². The van der Waals surface area contributed by atoms with Crippen LogP contribution in [0.3, 0.4) is 0 Å². The number of carbonyl (C=O) groups is 3. The highest BCUT2D eigenvalue weighted by molar-refractivity contribution is 6.79. The average Bonchev–Trinajstić information content (AvgIpc) is 3.95. The lowest BCUT2D eigenvalue weighted by Gasteiger charge is -2.63. The number of amides is 1. The van der Waals surface area contributed by atoms with Crippen LogP contribution in [0, 0.1) is 0 Å². The van der Waals surface area contributed by atoms with Crippen LogP contribution in [-0.2, 0) is 57.8 Å². The van der Waals surface area contributed by atoms with Crippen molar-refractivity contribution >= 4 is 35.1 Å². The first-order valence-corrected chi connectivity index (χ1v) is 28.8. The van der Waals surface area contributed by atoms with Crippen molar-refractivity contribution in [2.75, 3.05) is 27.4 Å². The predicted molar refractivity (Wildman–Crippen MR) is 271 cm³/mol. The molecule has 5 fully saturated rings. The highest BCUT2D eigenvalue weighted by Gasteiger charge is 2.77. The van der Waals surface area contributed by atoms with E-state index in [0.29, 0.717) is 11.5 Å². The molecule has 0 saturated carbocycles. The summed E-state index contributed by atoms with van der Waals surface area (Å²) >= 11 is 0. The summed E-state index contributed by atoms with van der Waals surface area (Å²) in [7, 11) is -3.98. The molecular weight excluding hydrogens is 975 g/mol. The zero-order valence-corrected chi connectivity index (χ0v) is 46.7. The van der Waals surface area contributed by atoms with Gasteiger partial charge in [0.25, 0.3) is 5.79 Å². The molecule has 5 saturated heterocycles. The van der Waals surface area contributed by atoms with Gasteiger partial charge >= 0.3 is 35.1 Å². The van der Waals surface area contributed by atoms with Gasteiger partial charge in [-0.05, 0) is 42.0 Å². The zero-order valence-electron chi connectivity index (χ0n) is 44.7. The van der Waals surface area contributed by atoms with Crippen LogP contribution in [0.25, 0.3) is 0 Å². The normalized spacial score (nSPS) is 31.0. The predicted octanol–water partition coefficient (Wildman–Crippen LogP) is 8.73. The Bertz CT molecular complexity index is 2390. The van der Waals surface area contributed by atoms with E-state index in [1.807, 2.05) is 30.3 Å². The minimum atomic E-state index is -3.56. The molecule has 5 aliphatic heterocycles. The molecular formula is C54H75NO16Si2. The summed E-state index contributed by atoms with van der Waals surface area (Å²) in [4.78, 5) is 44.0. The van der Waals surface area contributed by atoms with Gasteiger partial charge in [-0.1, -0.05) is 132 Å². The number of hydrogen-bond acceptors (Lipinski definition) is 16. The summed E-state index contributed by atoms with van der Waals surface area (Å²) in [5.41, 5.74) is 1.05. The van der Waals surface area contributed by atoms with Gasteiger partial charge in [0.05, 0.1) is 58.2 Å². The molecule has 0 spiro atoms. The monoisotopic (exact) mass is 1050 g/mol. The van der Waals surface area contributed by atoms with Crippen LogP contribution in [0.4, 0.5) is 4.79 Å². The molecule has 19 heteroatoms. The molecule has 1 N–H and O–H groups in total. The summed E-state index contributed by atoms with van der Waals surface area (Å²) in [6.07, 6.45) is -12.5. The molecule has 3 aromatic rings. The maximum atomic E-state index is 14.9. The maximum Gasteiger partial charge on any atom is 0.404 e. The molecule has 5 aliphatic rings. The van der Waals surface area contributed by atoms with Crippen molar-refractivity contribution in [1.82, 2.24) is 4.57 Å². The van der Waals surface area contributed by atoms with E-state index >= 15 is 0 Å². The molecule has 400 valence electrons. The van der Waals surface area contributed by atoms with Crippen LogP contribution in [0.1, 0.15) is 105 Å². The lowest BCUT2D eigenvalue weighted by molar-refractivity contribution is -0.363. The van der Waals surface area contributed by atoms with Crippen molar-refractivity contribution < 1.29 is 75.4 Å². The van der Waals surface area contributed by atoms with E-state index in [0.717, 1.165) is 5.56 Å². The lowest BCUT2D eigenvalue weighted by Crippen LogP contribution is -2.81. The summed E-state index contributed by atoms with van der Waals surface area (Å²) in [6, 6.07) is 23.6. The summed E-state index contributed by atoms with van der Waals surface area (Å²) in [6.45, 7) is 25.3. The Hall–Kier alpha value is -4.42. The van der Waals surface area contributed by atoms with Crippen molar-refractivity contribution in [3.05, 3.63) is 96.1 Å². The van der Waals surface area contributed by atoms with Gasteiger partial charge in [0.1, 0.15) is 48.1 Å². The highest BCUT2D eigenvalue weighted by atomic mass is 28.4. The van der Waals surface area contributed by atoms with Gasteiger partial charge in [0.15, 0.2) is 6.10 Å². The van der Waals surface area contributed by atoms with Crippen LogP contribution in [0.15, 0.2) is 84.9 Å². The van der Waals surface area contributed by atoms with E-state index in [4.69, 9.17) is 55.9 Å². The largest absolute Gasteiger partial charge is 0.497 e. The van der Waals surface area contributed by atoms with Crippen molar-refractivity contribution in [3.8, 4) is 11.5 Å². The quantitative estimate of drug-likeness (QED) is 0.0972. The van der Waals surface area contributed by atoms with Gasteiger partial charge in [-0.15, -0.1) is 0 Å². The molecule has 8 rings (SSSR count). The Morgan fingerprint density at radius 2 is 1.36 bits per heavy atom. The third kappa shape index (κ3) is 9.99. The molecule has 73 heavy (non-hydrogen) atoms. The highest BCUT2D eigenvalue weighted by Crippen LogP contribution is 2.62. The fourth-order valence-electron chi connectivity index (χ4n) is 12.1. The van der Waals surface area contributed by atoms with Crippen molar-refractivity contribution in [1.29, 1.82) is 0 Å². The molecule has 0 aromatic heterocycles. The third-order valence-corrected chi connectivity index (χ3v) is 25.8. The first-order valence-electron chi connectivity index (χ1n) is 25.2. The van der Waals surface area contributed by atoms with Crippen LogP contribution in [-0.4, -0.2) is 139 Å². The van der Waals surface area contributed by atoms with Gasteiger partial charge in [0, 0.05) is 20.2 Å². The Morgan fingerprint density at radius 1 is 0.753 bits per heavy atom. The standard InChI is InChI=1S/C54H75NO16Si2/c1-50(2,3)72(51(4,5)6)55-40-37(66-49(55)59)29-54(48(58)61-14,68-43(40)42(71-72)39-32-63-73(70-39,52(7,8)9)53(10,11)12)69-44-41(56)38(31-62-30-33-21-17-15-18-22-33)65-47(64-36-27-25-35(60-13)26-28-36)45(44)67-46(57)34-23-19-16-20-24-34/h15-28,37-45,47,56H,29-32H2,1-14H3/t37-,38+,39+,40+,41-,42+,43+,44-,45+,47+,54+/m0/s1. The van der Waals surface area contributed by atoms with E-state index in [9.17, 15) is 19.5 Å². The van der Waals surface area contributed by atoms with Gasteiger partial charge in [-0.2, -0.15) is 0 Å². The fraction of sp³-hybridized carbons (Fsp3) is 0.611. The van der Waals surface area contributed by atoms with E-state index in [2.05, 4.69) is 83.1 Å². The number of carbonyl (C=O) groups excluding carboxylic acids is 3. The average molecular weight is 1050 g/mol. The Morgan fingerprint density at radius 3 is 1.92 bits per heavy atom. The number of aliphatic hydroxyl groups excluding tert-OH is 1. The molecule has 0 radical (unpaired) electrons. The number of esters is 2. The first-order chi connectivity index (χ1) is 34.2. The molecule has 0 unspecified atom stereocenters. The second kappa shape index (κ2) is 20.3. The number of rotatable bonds is 13. The van der Waals surface area contributed by atoms with E-state index in [1.165, 1.54) is 14.2 Å². The molecule has 0 aliphatic carbocycles.